The maximum absolute atomic E-state index is 13.1. The van der Waals surface area contributed by atoms with Crippen molar-refractivity contribution in [3.8, 4) is 0 Å². The van der Waals surface area contributed by atoms with Gasteiger partial charge < -0.3 is 15.4 Å². The number of hydrogen-bond acceptors (Lipinski definition) is 2. The molecule has 1 atom stereocenters. The average molecular weight is 265 g/mol. The molecule has 0 fully saturated rings. The summed E-state index contributed by atoms with van der Waals surface area (Å²) < 4.78 is 13.1. The number of H-pyrrole nitrogens is 1. The van der Waals surface area contributed by atoms with Crippen LogP contribution in [-0.4, -0.2) is 21.2 Å². The fourth-order valence-corrected chi connectivity index (χ4v) is 1.96. The standard InChI is InChI=1S/C13H16FN3O2/c1-13(2,3)10(17-12(18)19)11-15-8-5-4-7(14)6-9(8)16-11/h4-6,10,17H,1-3H3,(H,15,16)(H,18,19)/t10-/m1/s1. The van der Waals surface area contributed by atoms with E-state index in [1.54, 1.807) is 6.07 Å². The summed E-state index contributed by atoms with van der Waals surface area (Å²) in [5.41, 5.74) is 0.805. The number of aromatic nitrogens is 2. The van der Waals surface area contributed by atoms with Crippen molar-refractivity contribution in [2.24, 2.45) is 5.41 Å². The zero-order valence-corrected chi connectivity index (χ0v) is 11.0. The minimum Gasteiger partial charge on any atom is -0.465 e. The summed E-state index contributed by atoms with van der Waals surface area (Å²) >= 11 is 0. The van der Waals surface area contributed by atoms with Crippen LogP contribution in [0.1, 0.15) is 32.6 Å². The molecule has 0 saturated carbocycles. The molecule has 2 rings (SSSR count). The van der Waals surface area contributed by atoms with Gasteiger partial charge in [0.2, 0.25) is 0 Å². The number of halogens is 1. The first-order chi connectivity index (χ1) is 8.77. The van der Waals surface area contributed by atoms with Gasteiger partial charge in [-0.3, -0.25) is 0 Å². The van der Waals surface area contributed by atoms with Crippen LogP contribution in [0, 0.1) is 11.2 Å². The van der Waals surface area contributed by atoms with Crippen molar-refractivity contribution >= 4 is 17.1 Å². The number of imidazole rings is 1. The van der Waals surface area contributed by atoms with Gasteiger partial charge in [0.1, 0.15) is 11.6 Å². The number of amides is 1. The Kier molecular flexibility index (Phi) is 3.18. The molecular weight excluding hydrogens is 249 g/mol. The number of carboxylic acid groups (broad SMARTS) is 1. The number of nitrogens with one attached hydrogen (secondary N) is 2. The normalized spacial score (nSPS) is 13.5. The van der Waals surface area contributed by atoms with E-state index in [0.29, 0.717) is 16.9 Å². The number of rotatable bonds is 2. The molecule has 6 heteroatoms. The molecule has 1 aromatic carbocycles. The lowest BCUT2D eigenvalue weighted by Crippen LogP contribution is -2.36. The molecule has 3 N–H and O–H groups in total. The third-order valence-corrected chi connectivity index (χ3v) is 2.87. The van der Waals surface area contributed by atoms with Crippen molar-refractivity contribution in [1.82, 2.24) is 15.3 Å². The summed E-state index contributed by atoms with van der Waals surface area (Å²) in [6.07, 6.45) is -1.12. The third-order valence-electron chi connectivity index (χ3n) is 2.87. The first kappa shape index (κ1) is 13.3. The smallest absolute Gasteiger partial charge is 0.405 e. The molecule has 5 nitrogen and oxygen atoms in total. The molecule has 1 amide bonds. The van der Waals surface area contributed by atoms with Gasteiger partial charge >= 0.3 is 6.09 Å². The summed E-state index contributed by atoms with van der Waals surface area (Å²) in [6.45, 7) is 5.71. The Hall–Kier alpha value is -2.11. The van der Waals surface area contributed by atoms with Gasteiger partial charge in [-0.2, -0.15) is 0 Å². The number of benzene rings is 1. The molecule has 2 aromatic rings. The molecular formula is C13H16FN3O2. The van der Waals surface area contributed by atoms with Crippen molar-refractivity contribution in [3.63, 3.8) is 0 Å². The van der Waals surface area contributed by atoms with Crippen molar-refractivity contribution in [2.75, 3.05) is 0 Å². The zero-order chi connectivity index (χ0) is 14.2. The summed E-state index contributed by atoms with van der Waals surface area (Å²) in [7, 11) is 0. The second-order valence-electron chi connectivity index (χ2n) is 5.53. The number of carbonyl (C=O) groups is 1. The summed E-state index contributed by atoms with van der Waals surface area (Å²) in [5.74, 6) is 0.122. The largest absolute Gasteiger partial charge is 0.465 e. The van der Waals surface area contributed by atoms with Crippen LogP contribution in [0.4, 0.5) is 9.18 Å². The average Bonchev–Trinajstić information content (AvgIpc) is 2.66. The molecule has 1 heterocycles. The van der Waals surface area contributed by atoms with Gasteiger partial charge in [-0.15, -0.1) is 0 Å². The fourth-order valence-electron chi connectivity index (χ4n) is 1.96. The fraction of sp³-hybridized carbons (Fsp3) is 0.385. The number of fused-ring (bicyclic) bond motifs is 1. The molecule has 0 spiro atoms. The Morgan fingerprint density at radius 3 is 2.74 bits per heavy atom. The van der Waals surface area contributed by atoms with Crippen LogP contribution in [0.5, 0.6) is 0 Å². The number of nitrogens with zero attached hydrogens (tertiary/aromatic N) is 1. The lowest BCUT2D eigenvalue weighted by Gasteiger charge is -2.28. The van der Waals surface area contributed by atoms with Crippen LogP contribution in [0.25, 0.3) is 11.0 Å². The van der Waals surface area contributed by atoms with Gasteiger partial charge in [0, 0.05) is 0 Å². The van der Waals surface area contributed by atoms with Crippen molar-refractivity contribution in [2.45, 2.75) is 26.8 Å². The van der Waals surface area contributed by atoms with E-state index in [9.17, 15) is 9.18 Å². The highest BCUT2D eigenvalue weighted by Crippen LogP contribution is 2.32. The van der Waals surface area contributed by atoms with Gasteiger partial charge in [0.15, 0.2) is 0 Å². The first-order valence-corrected chi connectivity index (χ1v) is 5.92. The van der Waals surface area contributed by atoms with E-state index in [-0.39, 0.29) is 11.2 Å². The monoisotopic (exact) mass is 265 g/mol. The summed E-state index contributed by atoms with van der Waals surface area (Å²) in [6, 6.07) is 3.72. The Labute approximate surface area is 109 Å². The minimum atomic E-state index is -1.12. The van der Waals surface area contributed by atoms with Gasteiger partial charge in [0.25, 0.3) is 0 Å². The van der Waals surface area contributed by atoms with Gasteiger partial charge in [0.05, 0.1) is 17.1 Å². The third kappa shape index (κ3) is 2.83. The highest BCUT2D eigenvalue weighted by Gasteiger charge is 2.30. The molecule has 19 heavy (non-hydrogen) atoms. The summed E-state index contributed by atoms with van der Waals surface area (Å²) in [5, 5.41) is 11.4. The Bertz CT molecular complexity index is 616. The second-order valence-corrected chi connectivity index (χ2v) is 5.53. The predicted molar refractivity (Wildman–Crippen MR) is 69.4 cm³/mol. The number of hydrogen-bond donors (Lipinski definition) is 3. The lowest BCUT2D eigenvalue weighted by atomic mass is 9.86. The molecule has 0 saturated heterocycles. The Balaban J connectivity index is 2.47. The van der Waals surface area contributed by atoms with E-state index in [1.807, 2.05) is 20.8 Å². The topological polar surface area (TPSA) is 78.0 Å². The highest BCUT2D eigenvalue weighted by atomic mass is 19.1. The second kappa shape index (κ2) is 4.53. The molecule has 0 aliphatic rings. The van der Waals surface area contributed by atoms with Crippen LogP contribution in [-0.2, 0) is 0 Å². The van der Waals surface area contributed by atoms with Gasteiger partial charge in [-0.05, 0) is 23.6 Å². The van der Waals surface area contributed by atoms with E-state index in [4.69, 9.17) is 5.11 Å². The number of aromatic amines is 1. The molecule has 0 unspecified atom stereocenters. The van der Waals surface area contributed by atoms with E-state index >= 15 is 0 Å². The molecule has 102 valence electrons. The predicted octanol–water partition coefficient (Wildman–Crippen LogP) is 3.06. The zero-order valence-electron chi connectivity index (χ0n) is 11.0. The lowest BCUT2D eigenvalue weighted by molar-refractivity contribution is 0.173. The van der Waals surface area contributed by atoms with Gasteiger partial charge in [-0.25, -0.2) is 14.2 Å². The van der Waals surface area contributed by atoms with Crippen LogP contribution in [0.3, 0.4) is 0 Å². The van der Waals surface area contributed by atoms with E-state index in [1.165, 1.54) is 12.1 Å². The van der Waals surface area contributed by atoms with Crippen molar-refractivity contribution < 1.29 is 14.3 Å². The quantitative estimate of drug-likeness (QED) is 0.780. The Morgan fingerprint density at radius 1 is 1.47 bits per heavy atom. The SMILES string of the molecule is CC(C)(C)[C@H](NC(=O)O)c1nc2ccc(F)cc2[nH]1. The Morgan fingerprint density at radius 2 is 2.16 bits per heavy atom. The highest BCUT2D eigenvalue weighted by molar-refractivity contribution is 5.75. The van der Waals surface area contributed by atoms with Crippen LogP contribution >= 0.6 is 0 Å². The van der Waals surface area contributed by atoms with Crippen LogP contribution in [0.15, 0.2) is 18.2 Å². The maximum Gasteiger partial charge on any atom is 0.405 e. The maximum atomic E-state index is 13.1. The molecule has 0 aliphatic carbocycles. The van der Waals surface area contributed by atoms with Crippen molar-refractivity contribution in [1.29, 1.82) is 0 Å². The van der Waals surface area contributed by atoms with E-state index in [2.05, 4.69) is 15.3 Å². The first-order valence-electron chi connectivity index (χ1n) is 5.92. The molecule has 0 bridgehead atoms. The molecule has 1 aromatic heterocycles. The molecule has 0 aliphatic heterocycles. The van der Waals surface area contributed by atoms with E-state index in [0.717, 1.165) is 0 Å². The van der Waals surface area contributed by atoms with E-state index < -0.39 is 12.1 Å². The van der Waals surface area contributed by atoms with Crippen LogP contribution in [0.2, 0.25) is 0 Å². The van der Waals surface area contributed by atoms with Gasteiger partial charge in [-0.1, -0.05) is 20.8 Å². The van der Waals surface area contributed by atoms with Crippen molar-refractivity contribution in [3.05, 3.63) is 29.8 Å². The van der Waals surface area contributed by atoms with Crippen LogP contribution < -0.4 is 5.32 Å². The minimum absolute atomic E-state index is 0.356. The summed E-state index contributed by atoms with van der Waals surface area (Å²) in [4.78, 5) is 18.2. The molecule has 0 radical (unpaired) electrons.